The monoisotopic (exact) mass is 574 g/mol. The Morgan fingerprint density at radius 3 is 2.64 bits per heavy atom. The molecule has 1 aromatic heterocycles. The summed E-state index contributed by atoms with van der Waals surface area (Å²) in [5.74, 6) is -1.51. The SMILES string of the molecule is Cc1c2ccc3c1nnn3CCCCCC(F)(F)Oc1ccc(cc1)C(=O)N1CCc3ccc(cc3C1)C2CC(=O)O. The number of carbonyl (C=O) groups is 2. The van der Waals surface area contributed by atoms with Gasteiger partial charge >= 0.3 is 12.1 Å². The van der Waals surface area contributed by atoms with Crippen LogP contribution in [0.3, 0.4) is 0 Å². The Balaban J connectivity index is 1.40. The van der Waals surface area contributed by atoms with Crippen LogP contribution in [0.2, 0.25) is 0 Å². The van der Waals surface area contributed by atoms with Crippen LogP contribution in [0, 0.1) is 6.92 Å². The zero-order valence-electron chi connectivity index (χ0n) is 23.4. The van der Waals surface area contributed by atoms with Crippen molar-refractivity contribution in [1.82, 2.24) is 19.9 Å². The number of carboxylic acids is 1. The van der Waals surface area contributed by atoms with Gasteiger partial charge in [0.25, 0.3) is 5.91 Å². The summed E-state index contributed by atoms with van der Waals surface area (Å²) in [6.45, 7) is 3.34. The Morgan fingerprint density at radius 2 is 1.86 bits per heavy atom. The first-order chi connectivity index (χ1) is 20.2. The van der Waals surface area contributed by atoms with Crippen LogP contribution >= 0.6 is 0 Å². The highest BCUT2D eigenvalue weighted by molar-refractivity contribution is 5.94. The third-order valence-electron chi connectivity index (χ3n) is 8.37. The molecule has 1 atom stereocenters. The number of nitrogens with zero attached hydrogens (tertiary/aromatic N) is 4. The number of hydrogen-bond acceptors (Lipinski definition) is 5. The van der Waals surface area contributed by atoms with Crippen LogP contribution in [0.1, 0.15) is 76.2 Å². The maximum absolute atomic E-state index is 14.5. The third kappa shape index (κ3) is 5.57. The average Bonchev–Trinajstić information content (AvgIpc) is 3.38. The first-order valence-corrected chi connectivity index (χ1v) is 14.3. The van der Waals surface area contributed by atoms with E-state index >= 15 is 0 Å². The lowest BCUT2D eigenvalue weighted by Gasteiger charge is -2.30. The molecule has 4 aromatic rings. The van der Waals surface area contributed by atoms with E-state index in [1.807, 2.05) is 37.3 Å². The molecule has 0 saturated carbocycles. The van der Waals surface area contributed by atoms with Gasteiger partial charge in [-0.3, -0.25) is 9.59 Å². The zero-order chi connectivity index (χ0) is 29.4. The minimum atomic E-state index is -3.32. The van der Waals surface area contributed by atoms with Gasteiger partial charge in [0, 0.05) is 31.1 Å². The summed E-state index contributed by atoms with van der Waals surface area (Å²) in [4.78, 5) is 27.1. The second kappa shape index (κ2) is 11.2. The van der Waals surface area contributed by atoms with Crippen LogP contribution in [-0.4, -0.2) is 49.5 Å². The van der Waals surface area contributed by atoms with Crippen LogP contribution in [-0.2, 0) is 24.3 Å². The highest BCUT2D eigenvalue weighted by Crippen LogP contribution is 2.36. The lowest BCUT2D eigenvalue weighted by atomic mass is 9.83. The fourth-order valence-electron chi connectivity index (χ4n) is 6.12. The summed E-state index contributed by atoms with van der Waals surface area (Å²) in [6, 6.07) is 15.7. The van der Waals surface area contributed by atoms with Gasteiger partial charge in [-0.25, -0.2) is 4.68 Å². The molecule has 10 heteroatoms. The molecule has 6 heterocycles. The molecule has 0 aliphatic carbocycles. The number of amides is 1. The lowest BCUT2D eigenvalue weighted by Crippen LogP contribution is -2.36. The van der Waals surface area contributed by atoms with Gasteiger partial charge in [-0.05, 0) is 84.3 Å². The molecule has 5 aliphatic rings. The van der Waals surface area contributed by atoms with E-state index in [4.69, 9.17) is 4.74 Å². The topological polar surface area (TPSA) is 97.5 Å². The molecule has 8 nitrogen and oxygen atoms in total. The zero-order valence-corrected chi connectivity index (χ0v) is 23.4. The highest BCUT2D eigenvalue weighted by Gasteiger charge is 2.31. The van der Waals surface area contributed by atoms with Crippen LogP contribution in [0.4, 0.5) is 8.78 Å². The van der Waals surface area contributed by atoms with E-state index in [-0.39, 0.29) is 24.5 Å². The molecule has 0 spiro atoms. The molecule has 0 fully saturated rings. The average molecular weight is 575 g/mol. The summed E-state index contributed by atoms with van der Waals surface area (Å²) >= 11 is 0. The van der Waals surface area contributed by atoms with Crippen LogP contribution in [0.5, 0.6) is 5.75 Å². The van der Waals surface area contributed by atoms with Crippen molar-refractivity contribution in [2.24, 2.45) is 0 Å². The van der Waals surface area contributed by atoms with E-state index < -0.39 is 24.4 Å². The second-order valence-corrected chi connectivity index (χ2v) is 11.2. The van der Waals surface area contributed by atoms with Gasteiger partial charge in [-0.15, -0.1) is 5.10 Å². The van der Waals surface area contributed by atoms with Crippen LogP contribution in [0.25, 0.3) is 11.0 Å². The van der Waals surface area contributed by atoms with Gasteiger partial charge in [-0.2, -0.15) is 8.78 Å². The molecule has 3 aromatic carbocycles. The molecule has 1 unspecified atom stereocenters. The number of carbonyl (C=O) groups excluding carboxylic acids is 1. The molecule has 218 valence electrons. The number of aromatic nitrogens is 3. The number of aryl methyl sites for hydroxylation is 2. The van der Waals surface area contributed by atoms with Gasteiger partial charge in [0.15, 0.2) is 0 Å². The number of alkyl halides is 2. The van der Waals surface area contributed by atoms with E-state index in [2.05, 4.69) is 10.3 Å². The maximum atomic E-state index is 14.5. The lowest BCUT2D eigenvalue weighted by molar-refractivity contribution is -0.181. The summed E-state index contributed by atoms with van der Waals surface area (Å²) in [5, 5.41) is 18.6. The minimum Gasteiger partial charge on any atom is -0.481 e. The van der Waals surface area contributed by atoms with Crippen molar-refractivity contribution in [2.45, 2.75) is 70.6 Å². The fraction of sp³-hybridized carbons (Fsp3) is 0.375. The molecule has 1 N–H and O–H groups in total. The summed E-state index contributed by atoms with van der Waals surface area (Å²) < 4.78 is 35.8. The van der Waals surface area contributed by atoms with E-state index in [0.717, 1.165) is 33.3 Å². The highest BCUT2D eigenvalue weighted by atomic mass is 19.3. The second-order valence-electron chi connectivity index (χ2n) is 11.2. The van der Waals surface area contributed by atoms with Gasteiger partial charge in [0.1, 0.15) is 11.3 Å². The van der Waals surface area contributed by atoms with Crippen molar-refractivity contribution in [2.75, 3.05) is 6.54 Å². The summed E-state index contributed by atoms with van der Waals surface area (Å²) in [5.41, 5.74) is 6.57. The Hall–Kier alpha value is -4.34. The van der Waals surface area contributed by atoms with Crippen molar-refractivity contribution in [3.05, 3.63) is 88.0 Å². The molecule has 9 bridgehead atoms. The number of carboxylic acid groups (broad SMARTS) is 1. The number of benzene rings is 3. The van der Waals surface area contributed by atoms with Gasteiger partial charge in [0.2, 0.25) is 0 Å². The molecular formula is C32H32F2N4O4. The van der Waals surface area contributed by atoms with E-state index in [1.165, 1.54) is 24.3 Å². The number of halogens is 2. The molecule has 42 heavy (non-hydrogen) atoms. The first kappa shape index (κ1) is 27.8. The van der Waals surface area contributed by atoms with Crippen molar-refractivity contribution in [3.8, 4) is 5.75 Å². The van der Waals surface area contributed by atoms with Gasteiger partial charge in [0.05, 0.1) is 18.4 Å². The van der Waals surface area contributed by atoms with Crippen molar-refractivity contribution < 1.29 is 28.2 Å². The standard InChI is InChI=1S/C32H32F2N4O4/c1-20-26-11-12-28-30(20)35-36-38(28)15-4-2-3-14-32(33,34)42-25-9-7-22(8-10-25)31(41)37-16-13-21-5-6-23(17-24(21)19-37)27(26)18-29(39)40/h5-12,17,27H,2-4,13-16,18-19H2,1H3,(H,39,40). The number of aliphatic carboxylic acids is 1. The van der Waals surface area contributed by atoms with E-state index in [0.29, 0.717) is 50.0 Å². The molecular weight excluding hydrogens is 542 g/mol. The molecule has 5 aliphatic heterocycles. The molecule has 0 saturated heterocycles. The van der Waals surface area contributed by atoms with Crippen LogP contribution in [0.15, 0.2) is 54.6 Å². The largest absolute Gasteiger partial charge is 0.481 e. The van der Waals surface area contributed by atoms with E-state index in [9.17, 15) is 23.5 Å². The molecule has 9 rings (SSSR count). The molecule has 1 amide bonds. The first-order valence-electron chi connectivity index (χ1n) is 14.3. The Bertz CT molecular complexity index is 1650. The summed E-state index contributed by atoms with van der Waals surface area (Å²) in [6.07, 6.45) is -1.72. The predicted octanol–water partition coefficient (Wildman–Crippen LogP) is 6.09. The predicted molar refractivity (Wildman–Crippen MR) is 152 cm³/mol. The molecule has 0 radical (unpaired) electrons. The number of rotatable bonds is 2. The normalized spacial score (nSPS) is 19.0. The van der Waals surface area contributed by atoms with Gasteiger partial charge < -0.3 is 14.7 Å². The number of hydrogen-bond donors (Lipinski definition) is 1. The smallest absolute Gasteiger partial charge is 0.397 e. The van der Waals surface area contributed by atoms with Crippen molar-refractivity contribution in [3.63, 3.8) is 0 Å². The minimum absolute atomic E-state index is 0.0108. The Morgan fingerprint density at radius 1 is 1.05 bits per heavy atom. The maximum Gasteiger partial charge on any atom is 0.397 e. The third-order valence-corrected chi connectivity index (χ3v) is 8.37. The van der Waals surface area contributed by atoms with Crippen molar-refractivity contribution in [1.29, 1.82) is 0 Å². The Kier molecular flexibility index (Phi) is 7.38. The van der Waals surface area contributed by atoms with Crippen molar-refractivity contribution >= 4 is 22.9 Å². The fourth-order valence-corrected chi connectivity index (χ4v) is 6.12. The van der Waals surface area contributed by atoms with Gasteiger partial charge in [-0.1, -0.05) is 35.9 Å². The Labute approximate surface area is 241 Å². The number of ether oxygens (including phenoxy) is 1. The van der Waals surface area contributed by atoms with E-state index in [1.54, 1.807) is 9.58 Å². The summed E-state index contributed by atoms with van der Waals surface area (Å²) in [7, 11) is 0. The quantitative estimate of drug-likeness (QED) is 0.311. The van der Waals surface area contributed by atoms with Crippen LogP contribution < -0.4 is 4.74 Å².